The summed E-state index contributed by atoms with van der Waals surface area (Å²) in [6.07, 6.45) is -2.19. The summed E-state index contributed by atoms with van der Waals surface area (Å²) < 4.78 is 56.1. The number of halogens is 3. The van der Waals surface area contributed by atoms with Crippen LogP contribution in [0.3, 0.4) is 0 Å². The number of nitrogens with one attached hydrogen (secondary N) is 1. The molecule has 1 heterocycles. The third-order valence-corrected chi connectivity index (χ3v) is 6.99. The van der Waals surface area contributed by atoms with Gasteiger partial charge in [-0.2, -0.15) is 13.2 Å². The predicted molar refractivity (Wildman–Crippen MR) is 133 cm³/mol. The number of aliphatic carboxylic acids is 1. The first-order valence-electron chi connectivity index (χ1n) is 12.3. The van der Waals surface area contributed by atoms with E-state index >= 15 is 0 Å². The molecule has 1 aliphatic carbocycles. The maximum Gasteiger partial charge on any atom is 0.471 e. The second-order valence-corrected chi connectivity index (χ2v) is 9.58. The van der Waals surface area contributed by atoms with Crippen LogP contribution in [0, 0.1) is 12.8 Å². The number of allylic oxidation sites excluding steroid dienone is 2. The molecule has 0 saturated carbocycles. The van der Waals surface area contributed by atoms with Crippen LogP contribution in [0.1, 0.15) is 57.4 Å². The first-order chi connectivity index (χ1) is 18.5. The van der Waals surface area contributed by atoms with E-state index in [4.69, 9.17) is 19.3 Å². The Labute approximate surface area is 222 Å². The van der Waals surface area contributed by atoms with Crippen LogP contribution in [-0.4, -0.2) is 36.2 Å². The van der Waals surface area contributed by atoms with E-state index in [2.05, 4.69) is 0 Å². The third kappa shape index (κ3) is 6.42. The lowest BCUT2D eigenvalue weighted by atomic mass is 9.88. The molecule has 0 fully saturated rings. The Morgan fingerprint density at radius 1 is 1.15 bits per heavy atom. The number of alkyl halides is 3. The van der Waals surface area contributed by atoms with Crippen molar-refractivity contribution >= 4 is 23.5 Å². The number of carbonyl (C=O) groups excluding carboxylic acids is 2. The maximum absolute atomic E-state index is 13.3. The van der Waals surface area contributed by atoms with Gasteiger partial charge in [0.2, 0.25) is 0 Å². The van der Waals surface area contributed by atoms with Gasteiger partial charge in [0.1, 0.15) is 12.4 Å². The summed E-state index contributed by atoms with van der Waals surface area (Å²) in [4.78, 5) is 35.8. The molecule has 0 saturated heterocycles. The fraction of sp³-hybridized carbons (Fsp3) is 0.393. The minimum atomic E-state index is -5.18. The second kappa shape index (κ2) is 11.5. The SMILES string of the molecule is COc1ccc(COCc2c(C)c3c(c(NC(=O)C(F)(F)F)c2CC2=CC(CC(=O)O)CC2)C(=O)OC3)cc1. The molecule has 2 aromatic rings. The number of carboxylic acids is 1. The van der Waals surface area contributed by atoms with Gasteiger partial charge in [0.05, 0.1) is 38.0 Å². The monoisotopic (exact) mass is 547 g/mol. The molecule has 2 aliphatic rings. The summed E-state index contributed by atoms with van der Waals surface area (Å²) in [5, 5.41) is 11.1. The molecule has 2 N–H and O–H groups in total. The molecule has 0 bridgehead atoms. The predicted octanol–water partition coefficient (Wildman–Crippen LogP) is 5.25. The van der Waals surface area contributed by atoms with E-state index in [9.17, 15) is 27.6 Å². The number of hydrogen-bond acceptors (Lipinski definition) is 6. The molecular formula is C28H28F3NO7. The van der Waals surface area contributed by atoms with Gasteiger partial charge in [-0.05, 0) is 66.5 Å². The highest BCUT2D eigenvalue weighted by atomic mass is 19.4. The number of cyclic esters (lactones) is 1. The topological polar surface area (TPSA) is 111 Å². The standard InChI is InChI=1S/C28H28F3NO7/c1-15-21(13-38-12-16-5-7-19(37-2)8-6-16)20(10-17-3-4-18(9-17)11-23(33)34)25(32-27(36)28(29,30)31)24-22(15)14-39-26(24)35/h5-9,18H,3-4,10-14H2,1-2H3,(H,32,36)(H,33,34). The number of esters is 1. The van der Waals surface area contributed by atoms with Gasteiger partial charge >= 0.3 is 24.0 Å². The van der Waals surface area contributed by atoms with Crippen LogP contribution in [0.25, 0.3) is 0 Å². The quantitative estimate of drug-likeness (QED) is 0.309. The Kier molecular flexibility index (Phi) is 8.29. The van der Waals surface area contributed by atoms with E-state index in [-0.39, 0.29) is 49.8 Å². The van der Waals surface area contributed by atoms with Crippen molar-refractivity contribution in [2.24, 2.45) is 5.92 Å². The average Bonchev–Trinajstić information content (AvgIpc) is 3.48. The van der Waals surface area contributed by atoms with Crippen LogP contribution in [0.4, 0.5) is 18.9 Å². The van der Waals surface area contributed by atoms with Crippen molar-refractivity contribution in [2.75, 3.05) is 12.4 Å². The van der Waals surface area contributed by atoms with Crippen LogP contribution < -0.4 is 10.1 Å². The van der Waals surface area contributed by atoms with Gasteiger partial charge in [-0.3, -0.25) is 9.59 Å². The van der Waals surface area contributed by atoms with Gasteiger partial charge in [-0.1, -0.05) is 23.8 Å². The molecule has 2 aromatic carbocycles. The number of fused-ring (bicyclic) bond motifs is 1. The largest absolute Gasteiger partial charge is 0.497 e. The minimum Gasteiger partial charge on any atom is -0.497 e. The zero-order valence-corrected chi connectivity index (χ0v) is 21.4. The number of methoxy groups -OCH3 is 1. The third-order valence-electron chi connectivity index (χ3n) is 6.99. The van der Waals surface area contributed by atoms with Crippen molar-refractivity contribution in [3.05, 3.63) is 69.3 Å². The van der Waals surface area contributed by atoms with Crippen LogP contribution >= 0.6 is 0 Å². The van der Waals surface area contributed by atoms with Gasteiger partial charge in [-0.15, -0.1) is 0 Å². The van der Waals surface area contributed by atoms with E-state index in [0.717, 1.165) is 11.1 Å². The summed E-state index contributed by atoms with van der Waals surface area (Å²) in [6, 6.07) is 7.20. The molecule has 1 amide bonds. The number of benzene rings is 2. The number of anilines is 1. The molecule has 1 unspecified atom stereocenters. The van der Waals surface area contributed by atoms with Crippen LogP contribution in [0.5, 0.6) is 5.75 Å². The normalized spacial score (nSPS) is 16.5. The van der Waals surface area contributed by atoms with Crippen molar-refractivity contribution in [1.82, 2.24) is 0 Å². The van der Waals surface area contributed by atoms with E-state index in [0.29, 0.717) is 40.8 Å². The highest BCUT2D eigenvalue weighted by Crippen LogP contribution is 2.41. The lowest BCUT2D eigenvalue weighted by molar-refractivity contribution is -0.167. The summed E-state index contributed by atoms with van der Waals surface area (Å²) in [5.41, 5.74) is 3.20. The smallest absolute Gasteiger partial charge is 0.471 e. The first kappa shape index (κ1) is 28.2. The van der Waals surface area contributed by atoms with Crippen LogP contribution in [0.15, 0.2) is 35.9 Å². The maximum atomic E-state index is 13.3. The van der Waals surface area contributed by atoms with E-state index in [1.54, 1.807) is 26.2 Å². The van der Waals surface area contributed by atoms with Gasteiger partial charge in [0.15, 0.2) is 0 Å². The molecule has 4 rings (SSSR count). The molecule has 208 valence electrons. The average molecular weight is 548 g/mol. The number of amides is 1. The molecule has 11 heteroatoms. The van der Waals surface area contributed by atoms with E-state index < -0.39 is 24.0 Å². The summed E-state index contributed by atoms with van der Waals surface area (Å²) in [5.74, 6) is -3.50. The molecule has 1 atom stereocenters. The Morgan fingerprint density at radius 3 is 2.51 bits per heavy atom. The van der Waals surface area contributed by atoms with Gasteiger partial charge < -0.3 is 24.6 Å². The zero-order valence-electron chi connectivity index (χ0n) is 21.4. The fourth-order valence-electron chi connectivity index (χ4n) is 5.00. The molecular weight excluding hydrogens is 519 g/mol. The van der Waals surface area contributed by atoms with E-state index in [1.165, 1.54) is 0 Å². The van der Waals surface area contributed by atoms with Crippen molar-refractivity contribution in [3.63, 3.8) is 0 Å². The van der Waals surface area contributed by atoms with Crippen molar-refractivity contribution < 1.29 is 46.9 Å². The second-order valence-electron chi connectivity index (χ2n) is 9.58. The first-order valence-corrected chi connectivity index (χ1v) is 12.3. The zero-order chi connectivity index (χ0) is 28.3. The Morgan fingerprint density at radius 2 is 1.87 bits per heavy atom. The number of carbonyl (C=O) groups is 3. The molecule has 0 aromatic heterocycles. The molecule has 0 radical (unpaired) electrons. The van der Waals surface area contributed by atoms with Gasteiger partial charge in [0, 0.05) is 5.56 Å². The summed E-state index contributed by atoms with van der Waals surface area (Å²) in [7, 11) is 1.55. The highest BCUT2D eigenvalue weighted by Gasteiger charge is 2.41. The molecule has 8 nitrogen and oxygen atoms in total. The number of carboxylic acid groups (broad SMARTS) is 1. The molecule has 1 aliphatic heterocycles. The Hall–Kier alpha value is -3.86. The summed E-state index contributed by atoms with van der Waals surface area (Å²) >= 11 is 0. The van der Waals surface area contributed by atoms with Crippen molar-refractivity contribution in [3.8, 4) is 5.75 Å². The lowest BCUT2D eigenvalue weighted by Crippen LogP contribution is -2.31. The lowest BCUT2D eigenvalue weighted by Gasteiger charge is -2.22. The number of rotatable bonds is 10. The van der Waals surface area contributed by atoms with Gasteiger partial charge in [0.25, 0.3) is 0 Å². The van der Waals surface area contributed by atoms with Gasteiger partial charge in [-0.25, -0.2) is 4.79 Å². The summed E-state index contributed by atoms with van der Waals surface area (Å²) in [6.45, 7) is 1.80. The van der Waals surface area contributed by atoms with Crippen molar-refractivity contribution in [2.45, 2.75) is 58.6 Å². The fourth-order valence-corrected chi connectivity index (χ4v) is 5.00. The molecule has 39 heavy (non-hydrogen) atoms. The Balaban J connectivity index is 1.73. The highest BCUT2D eigenvalue weighted by molar-refractivity contribution is 6.06. The van der Waals surface area contributed by atoms with Crippen LogP contribution in [-0.2, 0) is 45.3 Å². The molecule has 0 spiro atoms. The van der Waals surface area contributed by atoms with E-state index in [1.807, 2.05) is 23.5 Å². The Bertz CT molecular complexity index is 1320. The number of hydrogen-bond donors (Lipinski definition) is 2. The van der Waals surface area contributed by atoms with Crippen LogP contribution in [0.2, 0.25) is 0 Å². The van der Waals surface area contributed by atoms with Crippen molar-refractivity contribution in [1.29, 1.82) is 0 Å². The minimum absolute atomic E-state index is 0.00457. The number of ether oxygens (including phenoxy) is 3.